The van der Waals surface area contributed by atoms with Crippen LogP contribution in [0.5, 0.6) is 0 Å². The standard InChI is InChI=1S/C19H20N6O2/c1-12(2)25-10-18(22-23-25)21-19(27)11-24-9-15(8-20-24)13-3-5-16-14(7-13)4-6-17(16)26/h3,5,7-10,12H,4,6,11H2,1-2H3,(H,21,27). The fourth-order valence-corrected chi connectivity index (χ4v) is 3.15. The minimum Gasteiger partial charge on any atom is -0.306 e. The summed E-state index contributed by atoms with van der Waals surface area (Å²) in [5, 5.41) is 14.9. The molecule has 0 saturated heterocycles. The zero-order valence-electron chi connectivity index (χ0n) is 15.2. The second-order valence-electron chi connectivity index (χ2n) is 6.95. The summed E-state index contributed by atoms with van der Waals surface area (Å²) in [5.41, 5.74) is 3.81. The molecule has 1 N–H and O–H groups in total. The fraction of sp³-hybridized carbons (Fsp3) is 0.316. The van der Waals surface area contributed by atoms with Crippen LogP contribution >= 0.6 is 0 Å². The Morgan fingerprint density at radius 2 is 2.07 bits per heavy atom. The van der Waals surface area contributed by atoms with Crippen molar-refractivity contribution in [1.82, 2.24) is 24.8 Å². The molecule has 0 saturated carbocycles. The molecule has 1 aliphatic rings. The van der Waals surface area contributed by atoms with Gasteiger partial charge in [0.2, 0.25) is 5.91 Å². The van der Waals surface area contributed by atoms with Gasteiger partial charge in [0.15, 0.2) is 11.6 Å². The van der Waals surface area contributed by atoms with E-state index in [2.05, 4.69) is 20.7 Å². The van der Waals surface area contributed by atoms with E-state index in [-0.39, 0.29) is 24.3 Å². The quantitative estimate of drug-likeness (QED) is 0.750. The Labute approximate surface area is 156 Å². The van der Waals surface area contributed by atoms with E-state index in [9.17, 15) is 9.59 Å². The van der Waals surface area contributed by atoms with Gasteiger partial charge >= 0.3 is 0 Å². The molecule has 3 aromatic rings. The Hall–Kier alpha value is -3.29. The smallest absolute Gasteiger partial charge is 0.247 e. The average Bonchev–Trinajstić information content (AvgIpc) is 3.35. The summed E-state index contributed by atoms with van der Waals surface area (Å²) in [4.78, 5) is 24.0. The van der Waals surface area contributed by atoms with Gasteiger partial charge in [0.05, 0.1) is 12.4 Å². The number of aryl methyl sites for hydroxylation is 1. The zero-order valence-corrected chi connectivity index (χ0v) is 15.2. The van der Waals surface area contributed by atoms with Crippen molar-refractivity contribution in [1.29, 1.82) is 0 Å². The van der Waals surface area contributed by atoms with Crippen LogP contribution in [0.2, 0.25) is 0 Å². The van der Waals surface area contributed by atoms with E-state index in [0.717, 1.165) is 28.7 Å². The molecule has 0 spiro atoms. The molecule has 8 heteroatoms. The molecule has 0 unspecified atom stereocenters. The van der Waals surface area contributed by atoms with E-state index in [0.29, 0.717) is 12.2 Å². The number of nitrogens with zero attached hydrogens (tertiary/aromatic N) is 5. The summed E-state index contributed by atoms with van der Waals surface area (Å²) in [7, 11) is 0. The number of rotatable bonds is 5. The number of benzene rings is 1. The van der Waals surface area contributed by atoms with Crippen LogP contribution in [0.25, 0.3) is 11.1 Å². The van der Waals surface area contributed by atoms with Gasteiger partial charge in [-0.05, 0) is 31.4 Å². The molecule has 1 aromatic carbocycles. The number of hydrogen-bond acceptors (Lipinski definition) is 5. The van der Waals surface area contributed by atoms with Gasteiger partial charge in [-0.2, -0.15) is 5.10 Å². The Bertz CT molecular complexity index is 1020. The van der Waals surface area contributed by atoms with Gasteiger partial charge in [0, 0.05) is 29.8 Å². The predicted octanol–water partition coefficient (Wildman–Crippen LogP) is 2.49. The molecule has 27 heavy (non-hydrogen) atoms. The van der Waals surface area contributed by atoms with Gasteiger partial charge in [-0.15, -0.1) is 5.10 Å². The van der Waals surface area contributed by atoms with Crippen LogP contribution < -0.4 is 5.32 Å². The monoisotopic (exact) mass is 364 g/mol. The van der Waals surface area contributed by atoms with Crippen molar-refractivity contribution in [2.75, 3.05) is 5.32 Å². The number of anilines is 1. The number of ketones is 1. The summed E-state index contributed by atoms with van der Waals surface area (Å²) < 4.78 is 3.26. The normalized spacial score (nSPS) is 13.2. The highest BCUT2D eigenvalue weighted by atomic mass is 16.2. The molecule has 4 rings (SSSR count). The first-order valence-corrected chi connectivity index (χ1v) is 8.90. The Kier molecular flexibility index (Phi) is 4.31. The first kappa shape index (κ1) is 17.1. The lowest BCUT2D eigenvalue weighted by molar-refractivity contribution is -0.116. The number of carbonyl (C=O) groups is 2. The van der Waals surface area contributed by atoms with Crippen molar-refractivity contribution in [3.8, 4) is 11.1 Å². The van der Waals surface area contributed by atoms with Gasteiger partial charge in [-0.1, -0.05) is 23.4 Å². The highest BCUT2D eigenvalue weighted by Crippen LogP contribution is 2.27. The molecule has 138 valence electrons. The first-order chi connectivity index (χ1) is 13.0. The summed E-state index contributed by atoms with van der Waals surface area (Å²) in [6.45, 7) is 4.05. The summed E-state index contributed by atoms with van der Waals surface area (Å²) >= 11 is 0. The van der Waals surface area contributed by atoms with Crippen molar-refractivity contribution >= 4 is 17.5 Å². The SMILES string of the molecule is CC(C)n1cc(NC(=O)Cn2cc(-c3ccc4c(c3)CCC4=O)cn2)nn1. The molecule has 0 bridgehead atoms. The summed E-state index contributed by atoms with van der Waals surface area (Å²) in [6.07, 6.45) is 6.61. The molecular weight excluding hydrogens is 344 g/mol. The third-order valence-electron chi connectivity index (χ3n) is 4.61. The molecular formula is C19H20N6O2. The van der Waals surface area contributed by atoms with E-state index in [1.54, 1.807) is 21.8 Å². The number of nitrogens with one attached hydrogen (secondary N) is 1. The number of fused-ring (bicyclic) bond motifs is 1. The molecule has 2 heterocycles. The molecule has 1 amide bonds. The van der Waals surface area contributed by atoms with Gasteiger partial charge in [-0.3, -0.25) is 14.3 Å². The highest BCUT2D eigenvalue weighted by Gasteiger charge is 2.19. The average molecular weight is 364 g/mol. The third kappa shape index (κ3) is 3.51. The van der Waals surface area contributed by atoms with Crippen LogP contribution in [0.1, 0.15) is 42.2 Å². The number of aromatic nitrogens is 5. The first-order valence-electron chi connectivity index (χ1n) is 8.90. The second kappa shape index (κ2) is 6.79. The Morgan fingerprint density at radius 1 is 1.22 bits per heavy atom. The fourth-order valence-electron chi connectivity index (χ4n) is 3.15. The van der Waals surface area contributed by atoms with Crippen molar-refractivity contribution in [2.24, 2.45) is 0 Å². The molecule has 0 aliphatic heterocycles. The molecule has 0 atom stereocenters. The topological polar surface area (TPSA) is 94.7 Å². The Morgan fingerprint density at radius 3 is 2.85 bits per heavy atom. The van der Waals surface area contributed by atoms with E-state index < -0.39 is 0 Å². The lowest BCUT2D eigenvalue weighted by Gasteiger charge is -2.03. The maximum atomic E-state index is 12.2. The van der Waals surface area contributed by atoms with Gasteiger partial charge in [-0.25, -0.2) is 4.68 Å². The number of hydrogen-bond donors (Lipinski definition) is 1. The molecule has 0 fully saturated rings. The maximum absolute atomic E-state index is 12.2. The van der Waals surface area contributed by atoms with Gasteiger partial charge in [0.1, 0.15) is 6.54 Å². The van der Waals surface area contributed by atoms with E-state index in [1.165, 1.54) is 0 Å². The number of amides is 1. The second-order valence-corrected chi connectivity index (χ2v) is 6.95. The van der Waals surface area contributed by atoms with Crippen LogP contribution in [-0.2, 0) is 17.8 Å². The largest absolute Gasteiger partial charge is 0.306 e. The van der Waals surface area contributed by atoms with E-state index >= 15 is 0 Å². The predicted molar refractivity (Wildman–Crippen MR) is 99.4 cm³/mol. The lowest BCUT2D eigenvalue weighted by atomic mass is 10.0. The molecule has 1 aliphatic carbocycles. The van der Waals surface area contributed by atoms with E-state index in [4.69, 9.17) is 0 Å². The van der Waals surface area contributed by atoms with Crippen LogP contribution in [0, 0.1) is 0 Å². The maximum Gasteiger partial charge on any atom is 0.247 e. The van der Waals surface area contributed by atoms with Gasteiger partial charge in [0.25, 0.3) is 0 Å². The van der Waals surface area contributed by atoms with Crippen molar-refractivity contribution < 1.29 is 9.59 Å². The van der Waals surface area contributed by atoms with Crippen molar-refractivity contribution in [3.05, 3.63) is 47.9 Å². The Balaban J connectivity index is 1.43. The van der Waals surface area contributed by atoms with Crippen LogP contribution in [0.3, 0.4) is 0 Å². The third-order valence-corrected chi connectivity index (χ3v) is 4.61. The van der Waals surface area contributed by atoms with Crippen LogP contribution in [0.4, 0.5) is 5.82 Å². The van der Waals surface area contributed by atoms with Crippen LogP contribution in [0.15, 0.2) is 36.8 Å². The zero-order chi connectivity index (χ0) is 19.0. The van der Waals surface area contributed by atoms with Crippen LogP contribution in [-0.4, -0.2) is 36.5 Å². The summed E-state index contributed by atoms with van der Waals surface area (Å²) in [6, 6.07) is 6.02. The van der Waals surface area contributed by atoms with E-state index in [1.807, 2.05) is 38.2 Å². The number of carbonyl (C=O) groups excluding carboxylic acids is 2. The summed E-state index contributed by atoms with van der Waals surface area (Å²) in [5.74, 6) is 0.405. The van der Waals surface area contributed by atoms with Crippen molar-refractivity contribution in [2.45, 2.75) is 39.3 Å². The van der Waals surface area contributed by atoms with Gasteiger partial charge < -0.3 is 5.32 Å². The molecule has 2 aromatic heterocycles. The molecule has 0 radical (unpaired) electrons. The molecule has 8 nitrogen and oxygen atoms in total. The number of Topliss-reactive ketones (excluding diaryl/α,β-unsaturated/α-hetero) is 1. The minimum absolute atomic E-state index is 0.0813. The minimum atomic E-state index is -0.222. The lowest BCUT2D eigenvalue weighted by Crippen LogP contribution is -2.19. The van der Waals surface area contributed by atoms with Crippen molar-refractivity contribution in [3.63, 3.8) is 0 Å². The highest BCUT2D eigenvalue weighted by molar-refractivity contribution is 6.00.